The molecule has 0 bridgehead atoms. The van der Waals surface area contributed by atoms with Gasteiger partial charge in [-0.1, -0.05) is 48.0 Å². The topological polar surface area (TPSA) is 59.8 Å². The van der Waals surface area contributed by atoms with Gasteiger partial charge in [0.1, 0.15) is 6.54 Å². The maximum atomic E-state index is 12.5. The Labute approximate surface area is 151 Å². The maximum absolute atomic E-state index is 12.5. The number of quaternary nitrogens is 1. The van der Waals surface area contributed by atoms with Crippen LogP contribution in [0.15, 0.2) is 48.5 Å². The third kappa shape index (κ3) is 4.00. The first-order chi connectivity index (χ1) is 12.1. The van der Waals surface area contributed by atoms with Crippen LogP contribution in [0, 0.1) is 0 Å². The van der Waals surface area contributed by atoms with E-state index in [4.69, 9.17) is 16.3 Å². The van der Waals surface area contributed by atoms with Gasteiger partial charge in [0.2, 0.25) is 0 Å². The number of benzene rings is 2. The normalized spacial score (nSPS) is 19.0. The van der Waals surface area contributed by atoms with Crippen LogP contribution < -0.4 is 10.2 Å². The highest BCUT2D eigenvalue weighted by molar-refractivity contribution is 6.33. The number of carbonyl (C=O) groups excluding carboxylic acids is 2. The monoisotopic (exact) mass is 359 g/mol. The van der Waals surface area contributed by atoms with Gasteiger partial charge in [-0.25, -0.2) is 4.79 Å². The molecule has 3 rings (SSSR count). The molecule has 6 heteroatoms. The number of fused-ring (bicyclic) bond motifs is 1. The average Bonchev–Trinajstić information content (AvgIpc) is 2.62. The number of hydrogen-bond donors (Lipinski definition) is 2. The van der Waals surface area contributed by atoms with E-state index >= 15 is 0 Å². The number of nitrogens with one attached hydrogen (secondary N) is 2. The van der Waals surface area contributed by atoms with Crippen LogP contribution in [0.5, 0.6) is 0 Å². The summed E-state index contributed by atoms with van der Waals surface area (Å²) in [5, 5.41) is 3.30. The zero-order chi connectivity index (χ0) is 17.8. The van der Waals surface area contributed by atoms with Gasteiger partial charge in [-0.3, -0.25) is 4.79 Å². The molecule has 25 heavy (non-hydrogen) atoms. The fourth-order valence-electron chi connectivity index (χ4n) is 3.20. The molecule has 0 aromatic heterocycles. The van der Waals surface area contributed by atoms with Gasteiger partial charge in [0.15, 0.2) is 12.6 Å². The molecule has 0 radical (unpaired) electrons. The fraction of sp³-hybridized carbons (Fsp3) is 0.263. The summed E-state index contributed by atoms with van der Waals surface area (Å²) >= 11 is 6.08. The van der Waals surface area contributed by atoms with Crippen LogP contribution in [0.3, 0.4) is 0 Å². The summed E-state index contributed by atoms with van der Waals surface area (Å²) in [6.45, 7) is 0.769. The van der Waals surface area contributed by atoms with Crippen LogP contribution in [-0.2, 0) is 27.3 Å². The molecule has 2 aromatic rings. The molecular formula is C19H20ClN2O3+. The summed E-state index contributed by atoms with van der Waals surface area (Å²) in [6, 6.07) is 14.7. The second-order valence-corrected chi connectivity index (χ2v) is 6.50. The van der Waals surface area contributed by atoms with Crippen LogP contribution in [0.4, 0.5) is 5.69 Å². The third-order valence-corrected chi connectivity index (χ3v) is 4.80. The molecule has 2 aromatic carbocycles. The van der Waals surface area contributed by atoms with E-state index in [0.29, 0.717) is 23.7 Å². The lowest BCUT2D eigenvalue weighted by molar-refractivity contribution is -0.924. The number of rotatable bonds is 4. The summed E-state index contributed by atoms with van der Waals surface area (Å²) in [6.07, 6.45) is 0.567. The highest BCUT2D eigenvalue weighted by Crippen LogP contribution is 2.20. The van der Waals surface area contributed by atoms with Gasteiger partial charge in [0, 0.05) is 12.0 Å². The fourth-order valence-corrected chi connectivity index (χ4v) is 3.39. The Kier molecular flexibility index (Phi) is 5.36. The number of para-hydroxylation sites is 1. The predicted octanol–water partition coefficient (Wildman–Crippen LogP) is 1.46. The van der Waals surface area contributed by atoms with Gasteiger partial charge in [-0.15, -0.1) is 0 Å². The van der Waals surface area contributed by atoms with E-state index in [1.54, 1.807) is 18.2 Å². The van der Waals surface area contributed by atoms with E-state index in [-0.39, 0.29) is 18.4 Å². The van der Waals surface area contributed by atoms with E-state index in [0.717, 1.165) is 16.0 Å². The Bertz CT molecular complexity index is 794. The first kappa shape index (κ1) is 17.5. The largest absolute Gasteiger partial charge is 0.465 e. The molecule has 5 nitrogen and oxygen atoms in total. The van der Waals surface area contributed by atoms with Crippen molar-refractivity contribution in [3.63, 3.8) is 0 Å². The Morgan fingerprint density at radius 3 is 2.56 bits per heavy atom. The van der Waals surface area contributed by atoms with Crippen molar-refractivity contribution in [3.8, 4) is 0 Å². The molecule has 0 fully saturated rings. The Balaban J connectivity index is 1.75. The molecule has 2 N–H and O–H groups in total. The maximum Gasteiger partial charge on any atom is 0.365 e. The van der Waals surface area contributed by atoms with Crippen molar-refractivity contribution in [2.24, 2.45) is 0 Å². The van der Waals surface area contributed by atoms with Gasteiger partial charge >= 0.3 is 5.97 Å². The van der Waals surface area contributed by atoms with E-state index in [1.807, 2.05) is 30.3 Å². The minimum atomic E-state index is -0.392. The van der Waals surface area contributed by atoms with E-state index in [9.17, 15) is 9.59 Å². The summed E-state index contributed by atoms with van der Waals surface area (Å²) in [5.41, 5.74) is 2.86. The van der Waals surface area contributed by atoms with Crippen LogP contribution in [-0.4, -0.2) is 31.6 Å². The molecule has 1 amide bonds. The summed E-state index contributed by atoms with van der Waals surface area (Å²) in [7, 11) is 1.38. The number of hydrogen-bond acceptors (Lipinski definition) is 3. The van der Waals surface area contributed by atoms with Crippen LogP contribution in [0.25, 0.3) is 0 Å². The minimum absolute atomic E-state index is 0.166. The van der Waals surface area contributed by atoms with Gasteiger partial charge < -0.3 is 15.0 Å². The molecule has 2 atom stereocenters. The standard InChI is InChI=1S/C19H19ClN2O3/c1-25-19(24)17-10-13-6-2-3-7-14(13)11-22(17)12-18(23)21-16-9-5-4-8-15(16)20/h2-9,17H,10-12H2,1H3,(H,21,23)/p+1/t17-/m0/s1. The van der Waals surface area contributed by atoms with Crippen molar-refractivity contribution in [2.45, 2.75) is 19.0 Å². The molecule has 1 aliphatic heterocycles. The first-order valence-corrected chi connectivity index (χ1v) is 8.50. The van der Waals surface area contributed by atoms with Crippen molar-refractivity contribution in [1.82, 2.24) is 0 Å². The molecule has 130 valence electrons. The van der Waals surface area contributed by atoms with E-state index < -0.39 is 6.04 Å². The quantitative estimate of drug-likeness (QED) is 0.813. The number of esters is 1. The predicted molar refractivity (Wildman–Crippen MR) is 95.6 cm³/mol. The molecule has 1 heterocycles. The number of methoxy groups -OCH3 is 1. The van der Waals surface area contributed by atoms with Crippen LogP contribution in [0.1, 0.15) is 11.1 Å². The zero-order valence-electron chi connectivity index (χ0n) is 13.9. The smallest absolute Gasteiger partial charge is 0.365 e. The average molecular weight is 360 g/mol. The van der Waals surface area contributed by atoms with Crippen molar-refractivity contribution < 1.29 is 19.2 Å². The van der Waals surface area contributed by atoms with Gasteiger partial charge in [-0.05, 0) is 17.7 Å². The number of carbonyl (C=O) groups is 2. The first-order valence-electron chi connectivity index (χ1n) is 8.12. The summed E-state index contributed by atoms with van der Waals surface area (Å²) in [5.74, 6) is -0.480. The molecule has 1 unspecified atom stereocenters. The van der Waals surface area contributed by atoms with Crippen LogP contribution in [0.2, 0.25) is 5.02 Å². The van der Waals surface area contributed by atoms with Crippen molar-refractivity contribution in [2.75, 3.05) is 19.0 Å². The van der Waals surface area contributed by atoms with E-state index in [2.05, 4.69) is 5.32 Å². The SMILES string of the molecule is COC(=O)[C@@H]1Cc2ccccc2C[NH+]1CC(=O)Nc1ccccc1Cl. The zero-order valence-corrected chi connectivity index (χ0v) is 14.7. The second kappa shape index (κ2) is 7.68. The lowest BCUT2D eigenvalue weighted by Crippen LogP contribution is -3.17. The van der Waals surface area contributed by atoms with Gasteiger partial charge in [0.25, 0.3) is 5.91 Å². The second-order valence-electron chi connectivity index (χ2n) is 6.09. The Morgan fingerprint density at radius 2 is 1.84 bits per heavy atom. The lowest BCUT2D eigenvalue weighted by Gasteiger charge is -2.31. The summed E-state index contributed by atoms with van der Waals surface area (Å²) in [4.78, 5) is 25.5. The van der Waals surface area contributed by atoms with Crippen molar-refractivity contribution >= 4 is 29.2 Å². The van der Waals surface area contributed by atoms with Crippen LogP contribution >= 0.6 is 11.6 Å². The van der Waals surface area contributed by atoms with E-state index in [1.165, 1.54) is 7.11 Å². The van der Waals surface area contributed by atoms with Gasteiger partial charge in [-0.2, -0.15) is 0 Å². The highest BCUT2D eigenvalue weighted by Gasteiger charge is 2.37. The number of ether oxygens (including phenoxy) is 1. The molecular weight excluding hydrogens is 340 g/mol. The molecule has 1 aliphatic rings. The number of amides is 1. The van der Waals surface area contributed by atoms with Crippen molar-refractivity contribution in [3.05, 3.63) is 64.7 Å². The Morgan fingerprint density at radius 1 is 1.16 bits per heavy atom. The molecule has 0 saturated carbocycles. The molecule has 0 spiro atoms. The lowest BCUT2D eigenvalue weighted by atomic mass is 9.94. The minimum Gasteiger partial charge on any atom is -0.465 e. The summed E-state index contributed by atoms with van der Waals surface area (Å²) < 4.78 is 4.94. The number of anilines is 1. The van der Waals surface area contributed by atoms with Crippen molar-refractivity contribution in [1.29, 1.82) is 0 Å². The number of halogens is 1. The molecule has 0 saturated heterocycles. The Hall–Kier alpha value is -2.37. The third-order valence-electron chi connectivity index (χ3n) is 4.47. The highest BCUT2D eigenvalue weighted by atomic mass is 35.5. The van der Waals surface area contributed by atoms with Gasteiger partial charge in [0.05, 0.1) is 17.8 Å². The molecule has 0 aliphatic carbocycles.